The highest BCUT2D eigenvalue weighted by Crippen LogP contribution is 2.50. The molecule has 1 fully saturated rings. The largest absolute Gasteiger partial charge is 0.361 e. The SMILES string of the molecule is Cc1c[nH]c2ccc(C3(C(C)N)CC3)cc12. The summed E-state index contributed by atoms with van der Waals surface area (Å²) in [7, 11) is 0. The van der Waals surface area contributed by atoms with Gasteiger partial charge in [-0.05, 0) is 49.9 Å². The Morgan fingerprint density at radius 2 is 2.12 bits per heavy atom. The van der Waals surface area contributed by atoms with Gasteiger partial charge in [-0.2, -0.15) is 0 Å². The van der Waals surface area contributed by atoms with Crippen molar-refractivity contribution < 1.29 is 0 Å². The van der Waals surface area contributed by atoms with E-state index >= 15 is 0 Å². The molecule has 84 valence electrons. The van der Waals surface area contributed by atoms with Crippen molar-refractivity contribution in [3.63, 3.8) is 0 Å². The lowest BCUT2D eigenvalue weighted by atomic mass is 9.88. The van der Waals surface area contributed by atoms with Crippen molar-refractivity contribution in [2.45, 2.75) is 38.1 Å². The predicted octanol–water partition coefficient (Wildman–Crippen LogP) is 2.86. The number of nitrogens with one attached hydrogen (secondary N) is 1. The fourth-order valence-electron chi connectivity index (χ4n) is 2.71. The highest BCUT2D eigenvalue weighted by Gasteiger charge is 2.47. The molecule has 3 rings (SSSR count). The topological polar surface area (TPSA) is 41.8 Å². The first-order valence-electron chi connectivity index (χ1n) is 5.97. The summed E-state index contributed by atoms with van der Waals surface area (Å²) in [6, 6.07) is 6.98. The molecule has 3 N–H and O–H groups in total. The zero-order valence-corrected chi connectivity index (χ0v) is 9.88. The average Bonchev–Trinajstić information content (AvgIpc) is 3.01. The highest BCUT2D eigenvalue weighted by atomic mass is 14.7. The third-order valence-electron chi connectivity index (χ3n) is 4.12. The van der Waals surface area contributed by atoms with Gasteiger partial charge in [0.1, 0.15) is 0 Å². The molecule has 2 aromatic rings. The maximum atomic E-state index is 6.11. The van der Waals surface area contributed by atoms with Gasteiger partial charge in [0.05, 0.1) is 0 Å². The zero-order chi connectivity index (χ0) is 11.3. The van der Waals surface area contributed by atoms with Crippen molar-refractivity contribution in [3.8, 4) is 0 Å². The lowest BCUT2D eigenvalue weighted by Gasteiger charge is -2.20. The Morgan fingerprint density at radius 3 is 2.75 bits per heavy atom. The van der Waals surface area contributed by atoms with Crippen molar-refractivity contribution in [3.05, 3.63) is 35.5 Å². The number of benzene rings is 1. The molecule has 1 atom stereocenters. The number of hydrogen-bond donors (Lipinski definition) is 2. The molecule has 1 heterocycles. The van der Waals surface area contributed by atoms with Crippen LogP contribution in [0.15, 0.2) is 24.4 Å². The molecule has 1 unspecified atom stereocenters. The lowest BCUT2D eigenvalue weighted by molar-refractivity contribution is 0.557. The molecule has 0 bridgehead atoms. The standard InChI is InChI=1S/C14H18N2/c1-9-8-16-13-4-3-11(7-12(9)13)14(5-6-14)10(2)15/h3-4,7-8,10,16H,5-6,15H2,1-2H3. The van der Waals surface area contributed by atoms with Crippen molar-refractivity contribution >= 4 is 10.9 Å². The molecule has 2 heteroatoms. The number of H-pyrrole nitrogens is 1. The van der Waals surface area contributed by atoms with Crippen LogP contribution in [0, 0.1) is 6.92 Å². The number of aryl methyl sites for hydroxylation is 1. The van der Waals surface area contributed by atoms with Gasteiger partial charge in [0.25, 0.3) is 0 Å². The van der Waals surface area contributed by atoms with E-state index in [2.05, 4.69) is 43.2 Å². The quantitative estimate of drug-likeness (QED) is 0.793. The second kappa shape index (κ2) is 3.11. The molecule has 1 aliphatic rings. The molecule has 0 spiro atoms. The van der Waals surface area contributed by atoms with Crippen LogP contribution in [-0.4, -0.2) is 11.0 Å². The minimum Gasteiger partial charge on any atom is -0.361 e. The van der Waals surface area contributed by atoms with Gasteiger partial charge in [0, 0.05) is 28.6 Å². The first kappa shape index (κ1) is 9.91. The fraction of sp³-hybridized carbons (Fsp3) is 0.429. The van der Waals surface area contributed by atoms with Crippen molar-refractivity contribution in [2.75, 3.05) is 0 Å². The summed E-state index contributed by atoms with van der Waals surface area (Å²) in [4.78, 5) is 3.28. The fourth-order valence-corrected chi connectivity index (χ4v) is 2.71. The van der Waals surface area contributed by atoms with E-state index in [4.69, 9.17) is 5.73 Å². The van der Waals surface area contributed by atoms with Gasteiger partial charge in [0.2, 0.25) is 0 Å². The Morgan fingerprint density at radius 1 is 1.38 bits per heavy atom. The molecule has 1 saturated carbocycles. The molecule has 0 amide bonds. The van der Waals surface area contributed by atoms with Crippen LogP contribution in [0.2, 0.25) is 0 Å². The van der Waals surface area contributed by atoms with E-state index in [1.165, 1.54) is 34.9 Å². The van der Waals surface area contributed by atoms with Crippen LogP contribution in [0.5, 0.6) is 0 Å². The minimum atomic E-state index is 0.254. The second-order valence-electron chi connectivity index (χ2n) is 5.18. The summed E-state index contributed by atoms with van der Waals surface area (Å²) in [6.07, 6.45) is 4.54. The zero-order valence-electron chi connectivity index (χ0n) is 9.88. The first-order valence-corrected chi connectivity index (χ1v) is 5.97. The summed E-state index contributed by atoms with van der Waals surface area (Å²) in [5.74, 6) is 0. The molecule has 1 aromatic heterocycles. The summed E-state index contributed by atoms with van der Waals surface area (Å²) in [6.45, 7) is 4.27. The Kier molecular flexibility index (Phi) is 1.93. The van der Waals surface area contributed by atoms with Crippen molar-refractivity contribution in [1.29, 1.82) is 0 Å². The van der Waals surface area contributed by atoms with E-state index in [9.17, 15) is 0 Å². The van der Waals surface area contributed by atoms with Gasteiger partial charge in [-0.15, -0.1) is 0 Å². The monoisotopic (exact) mass is 214 g/mol. The number of aromatic amines is 1. The molecule has 0 saturated heterocycles. The molecular formula is C14H18N2. The molecule has 0 aliphatic heterocycles. The van der Waals surface area contributed by atoms with Gasteiger partial charge >= 0.3 is 0 Å². The summed E-state index contributed by atoms with van der Waals surface area (Å²) >= 11 is 0. The van der Waals surface area contributed by atoms with Crippen LogP contribution in [0.1, 0.15) is 30.9 Å². The van der Waals surface area contributed by atoms with Crippen LogP contribution in [0.3, 0.4) is 0 Å². The minimum absolute atomic E-state index is 0.254. The summed E-state index contributed by atoms with van der Waals surface area (Å²) in [5.41, 5.74) is 10.3. The van der Waals surface area contributed by atoms with Gasteiger partial charge in [-0.1, -0.05) is 6.07 Å². The molecule has 16 heavy (non-hydrogen) atoms. The van der Waals surface area contributed by atoms with E-state index < -0.39 is 0 Å². The molecule has 1 aromatic carbocycles. The second-order valence-corrected chi connectivity index (χ2v) is 5.18. The van der Waals surface area contributed by atoms with Gasteiger partial charge in [0.15, 0.2) is 0 Å². The Bertz CT molecular complexity index is 533. The highest BCUT2D eigenvalue weighted by molar-refractivity contribution is 5.84. The van der Waals surface area contributed by atoms with E-state index in [0.29, 0.717) is 0 Å². The Labute approximate surface area is 95.8 Å². The molecule has 0 radical (unpaired) electrons. The van der Waals surface area contributed by atoms with Gasteiger partial charge < -0.3 is 10.7 Å². The Hall–Kier alpha value is -1.28. The van der Waals surface area contributed by atoms with Crippen LogP contribution >= 0.6 is 0 Å². The van der Waals surface area contributed by atoms with E-state index in [-0.39, 0.29) is 11.5 Å². The van der Waals surface area contributed by atoms with Crippen LogP contribution in [-0.2, 0) is 5.41 Å². The number of fused-ring (bicyclic) bond motifs is 1. The normalized spacial score (nSPS) is 19.9. The maximum absolute atomic E-state index is 6.11. The molecular weight excluding hydrogens is 196 g/mol. The summed E-state index contributed by atoms with van der Waals surface area (Å²) in [5, 5.41) is 1.34. The molecule has 1 aliphatic carbocycles. The van der Waals surface area contributed by atoms with Crippen LogP contribution < -0.4 is 5.73 Å². The first-order chi connectivity index (χ1) is 7.63. The number of aromatic nitrogens is 1. The van der Waals surface area contributed by atoms with Crippen LogP contribution in [0.25, 0.3) is 10.9 Å². The van der Waals surface area contributed by atoms with Crippen molar-refractivity contribution in [1.82, 2.24) is 4.98 Å². The van der Waals surface area contributed by atoms with E-state index in [1.54, 1.807) is 0 Å². The number of hydrogen-bond acceptors (Lipinski definition) is 1. The van der Waals surface area contributed by atoms with E-state index in [0.717, 1.165) is 0 Å². The van der Waals surface area contributed by atoms with Gasteiger partial charge in [-0.25, -0.2) is 0 Å². The van der Waals surface area contributed by atoms with Crippen LogP contribution in [0.4, 0.5) is 0 Å². The van der Waals surface area contributed by atoms with Gasteiger partial charge in [-0.3, -0.25) is 0 Å². The summed E-state index contributed by atoms with van der Waals surface area (Å²) < 4.78 is 0. The predicted molar refractivity (Wildman–Crippen MR) is 67.6 cm³/mol. The maximum Gasteiger partial charge on any atom is 0.0456 e. The smallest absolute Gasteiger partial charge is 0.0456 e. The third kappa shape index (κ3) is 1.23. The Balaban J connectivity index is 2.15. The van der Waals surface area contributed by atoms with Crippen molar-refractivity contribution in [2.24, 2.45) is 5.73 Å². The third-order valence-corrected chi connectivity index (χ3v) is 4.12. The lowest BCUT2D eigenvalue weighted by Crippen LogP contribution is -2.31. The average molecular weight is 214 g/mol. The number of nitrogens with two attached hydrogens (primary N) is 1. The van der Waals surface area contributed by atoms with E-state index in [1.807, 2.05) is 0 Å². The number of rotatable bonds is 2. The molecule has 2 nitrogen and oxygen atoms in total.